The van der Waals surface area contributed by atoms with Crippen LogP contribution in [0.15, 0.2) is 17.1 Å². The second kappa shape index (κ2) is 5.28. The minimum Gasteiger partial charge on any atom is -0.373 e. The zero-order valence-corrected chi connectivity index (χ0v) is 13.7. The van der Waals surface area contributed by atoms with Crippen LogP contribution in [0.3, 0.4) is 0 Å². The molecule has 0 aromatic carbocycles. The molecule has 2 rings (SSSR count). The van der Waals surface area contributed by atoms with E-state index >= 15 is 0 Å². The van der Waals surface area contributed by atoms with Gasteiger partial charge < -0.3 is 9.72 Å². The summed E-state index contributed by atoms with van der Waals surface area (Å²) < 4.78 is 17.6. The Bertz CT molecular complexity index is 598. The Hall–Kier alpha value is -0.650. The number of methoxy groups -OCH3 is 1. The summed E-state index contributed by atoms with van der Waals surface area (Å²) in [6.07, 6.45) is 1.99. The van der Waals surface area contributed by atoms with Gasteiger partial charge in [0, 0.05) is 40.5 Å². The van der Waals surface area contributed by atoms with Crippen molar-refractivity contribution >= 4 is 22.4 Å². The molecular weight excluding hydrogens is 298 g/mol. The number of ether oxygens (including phenoxy) is 1. The Labute approximate surface area is 126 Å². The third-order valence-corrected chi connectivity index (χ3v) is 6.59. The van der Waals surface area contributed by atoms with E-state index in [9.17, 15) is 9.00 Å². The molecule has 112 valence electrons. The number of aromatic nitrogens is 1. The van der Waals surface area contributed by atoms with Crippen molar-refractivity contribution in [2.45, 2.75) is 37.5 Å². The highest BCUT2D eigenvalue weighted by Crippen LogP contribution is 2.46. The predicted molar refractivity (Wildman–Crippen MR) is 81.6 cm³/mol. The second-order valence-corrected chi connectivity index (χ2v) is 8.57. The molecule has 0 aliphatic carbocycles. The van der Waals surface area contributed by atoms with Gasteiger partial charge in [-0.1, -0.05) is 18.5 Å². The van der Waals surface area contributed by atoms with E-state index in [0.717, 1.165) is 0 Å². The minimum absolute atomic E-state index is 0.0269. The predicted octanol–water partition coefficient (Wildman–Crippen LogP) is 2.44. The summed E-state index contributed by atoms with van der Waals surface area (Å²) >= 11 is 6.02. The normalized spacial score (nSPS) is 33.0. The molecule has 1 fully saturated rings. The zero-order chi connectivity index (χ0) is 15.1. The standard InChI is InChI=1S/C14H20ClNO3S/c1-9-7-20(18)13(2,3)8-14(9,19-4)11-5-10(15)6-16-12(11)17/h5-6,9H,7-8H2,1-4H3,(H,16,17)/t9-,14+,20?/m0/s1. The Morgan fingerprint density at radius 3 is 2.75 bits per heavy atom. The quantitative estimate of drug-likeness (QED) is 0.911. The smallest absolute Gasteiger partial charge is 0.254 e. The molecule has 4 nitrogen and oxygen atoms in total. The largest absolute Gasteiger partial charge is 0.373 e. The fraction of sp³-hybridized carbons (Fsp3) is 0.643. The van der Waals surface area contributed by atoms with Crippen molar-refractivity contribution in [3.63, 3.8) is 0 Å². The van der Waals surface area contributed by atoms with Gasteiger partial charge in [0.2, 0.25) is 0 Å². The van der Waals surface area contributed by atoms with E-state index in [0.29, 0.717) is 22.8 Å². The Morgan fingerprint density at radius 1 is 1.50 bits per heavy atom. The molecule has 0 saturated carbocycles. The van der Waals surface area contributed by atoms with Gasteiger partial charge in [0.1, 0.15) is 5.60 Å². The van der Waals surface area contributed by atoms with Crippen molar-refractivity contribution in [2.75, 3.05) is 12.9 Å². The van der Waals surface area contributed by atoms with Gasteiger partial charge in [-0.3, -0.25) is 9.00 Å². The van der Waals surface area contributed by atoms with Crippen LogP contribution < -0.4 is 5.56 Å². The first-order valence-electron chi connectivity index (χ1n) is 6.55. The zero-order valence-electron chi connectivity index (χ0n) is 12.2. The average Bonchev–Trinajstić information content (AvgIpc) is 2.37. The van der Waals surface area contributed by atoms with E-state index < -0.39 is 21.1 Å². The van der Waals surface area contributed by atoms with Crippen LogP contribution in [0.1, 0.15) is 32.8 Å². The van der Waals surface area contributed by atoms with Crippen molar-refractivity contribution in [1.82, 2.24) is 4.98 Å². The van der Waals surface area contributed by atoms with Crippen LogP contribution in [-0.4, -0.2) is 26.8 Å². The maximum Gasteiger partial charge on any atom is 0.254 e. The van der Waals surface area contributed by atoms with Crippen molar-refractivity contribution in [1.29, 1.82) is 0 Å². The molecule has 0 amide bonds. The van der Waals surface area contributed by atoms with Crippen molar-refractivity contribution in [3.05, 3.63) is 33.2 Å². The number of hydrogen-bond donors (Lipinski definition) is 1. The molecule has 2 heterocycles. The maximum absolute atomic E-state index is 12.3. The molecule has 1 aromatic heterocycles. The van der Waals surface area contributed by atoms with E-state index in [2.05, 4.69) is 4.98 Å². The molecule has 0 radical (unpaired) electrons. The summed E-state index contributed by atoms with van der Waals surface area (Å²) in [5.74, 6) is 0.480. The highest BCUT2D eigenvalue weighted by molar-refractivity contribution is 7.86. The van der Waals surface area contributed by atoms with Crippen LogP contribution in [-0.2, 0) is 21.1 Å². The topological polar surface area (TPSA) is 59.2 Å². The third kappa shape index (κ3) is 2.47. The molecule has 0 bridgehead atoms. The second-order valence-electron chi connectivity index (χ2n) is 6.00. The molecule has 20 heavy (non-hydrogen) atoms. The van der Waals surface area contributed by atoms with Crippen molar-refractivity contribution in [3.8, 4) is 0 Å². The lowest BCUT2D eigenvalue weighted by Gasteiger charge is -2.47. The fourth-order valence-corrected chi connectivity index (χ4v) is 4.70. The molecule has 1 N–H and O–H groups in total. The fourth-order valence-electron chi connectivity index (χ4n) is 2.99. The molecule has 1 aliphatic heterocycles. The summed E-state index contributed by atoms with van der Waals surface area (Å²) in [4.78, 5) is 14.8. The van der Waals surface area contributed by atoms with Gasteiger partial charge in [0.15, 0.2) is 0 Å². The van der Waals surface area contributed by atoms with Gasteiger partial charge >= 0.3 is 0 Å². The monoisotopic (exact) mass is 317 g/mol. The number of aromatic amines is 1. The molecule has 1 aromatic rings. The summed E-state index contributed by atoms with van der Waals surface area (Å²) in [6.45, 7) is 5.86. The Balaban J connectivity index is 2.61. The van der Waals surface area contributed by atoms with Gasteiger partial charge in [0.25, 0.3) is 5.56 Å². The van der Waals surface area contributed by atoms with E-state index in [1.807, 2.05) is 20.8 Å². The summed E-state index contributed by atoms with van der Waals surface area (Å²) in [7, 11) is 0.659. The van der Waals surface area contributed by atoms with Crippen molar-refractivity contribution < 1.29 is 8.95 Å². The Morgan fingerprint density at radius 2 is 2.15 bits per heavy atom. The highest BCUT2D eigenvalue weighted by Gasteiger charge is 2.51. The first-order chi connectivity index (χ1) is 9.23. The van der Waals surface area contributed by atoms with Crippen LogP contribution in [0.4, 0.5) is 0 Å². The van der Waals surface area contributed by atoms with Crippen LogP contribution in [0, 0.1) is 5.92 Å². The number of pyridine rings is 1. The summed E-state index contributed by atoms with van der Waals surface area (Å²) in [5, 5.41) is 0.465. The average molecular weight is 318 g/mol. The summed E-state index contributed by atoms with van der Waals surface area (Å²) in [6, 6.07) is 1.66. The highest BCUT2D eigenvalue weighted by atomic mass is 35.5. The van der Waals surface area contributed by atoms with Gasteiger partial charge in [0.05, 0.1) is 10.6 Å². The van der Waals surface area contributed by atoms with E-state index in [1.165, 1.54) is 6.20 Å². The number of halogens is 1. The molecule has 0 spiro atoms. The maximum atomic E-state index is 12.3. The third-order valence-electron chi connectivity index (χ3n) is 4.19. The number of H-pyrrole nitrogens is 1. The van der Waals surface area contributed by atoms with Gasteiger partial charge in [-0.25, -0.2) is 0 Å². The minimum atomic E-state index is -0.940. The van der Waals surface area contributed by atoms with Crippen LogP contribution in [0.25, 0.3) is 0 Å². The van der Waals surface area contributed by atoms with Gasteiger partial charge in [-0.2, -0.15) is 0 Å². The van der Waals surface area contributed by atoms with Crippen LogP contribution in [0.5, 0.6) is 0 Å². The van der Waals surface area contributed by atoms with Gasteiger partial charge in [-0.15, -0.1) is 0 Å². The molecule has 6 heteroatoms. The van der Waals surface area contributed by atoms with E-state index in [4.69, 9.17) is 16.3 Å². The number of rotatable bonds is 2. The first-order valence-corrected chi connectivity index (χ1v) is 8.25. The van der Waals surface area contributed by atoms with E-state index in [-0.39, 0.29) is 11.5 Å². The SMILES string of the molecule is CO[C@]1(c2cc(Cl)c[nH]c2=O)CC(C)(C)S(=O)C[C@@H]1C. The lowest BCUT2D eigenvalue weighted by Crippen LogP contribution is -2.53. The van der Waals surface area contributed by atoms with E-state index in [1.54, 1.807) is 13.2 Å². The molecule has 3 atom stereocenters. The van der Waals surface area contributed by atoms with Crippen LogP contribution in [0.2, 0.25) is 5.02 Å². The number of hydrogen-bond acceptors (Lipinski definition) is 3. The lowest BCUT2D eigenvalue weighted by molar-refractivity contribution is -0.0703. The molecule has 1 saturated heterocycles. The number of nitrogens with one attached hydrogen (secondary N) is 1. The molecular formula is C14H20ClNO3S. The summed E-state index contributed by atoms with van der Waals surface area (Å²) in [5.41, 5.74) is -0.438. The van der Waals surface area contributed by atoms with Gasteiger partial charge in [-0.05, 0) is 26.3 Å². The lowest BCUT2D eigenvalue weighted by atomic mass is 9.76. The Kier molecular flexibility index (Phi) is 4.15. The van der Waals surface area contributed by atoms with Crippen LogP contribution >= 0.6 is 11.6 Å². The molecule has 1 aliphatic rings. The molecule has 1 unspecified atom stereocenters. The first kappa shape index (κ1) is 15.7. The van der Waals surface area contributed by atoms with Crippen molar-refractivity contribution in [2.24, 2.45) is 5.92 Å².